The first-order valence-corrected chi connectivity index (χ1v) is 10.2. The molecule has 1 amide bonds. The lowest BCUT2D eigenvalue weighted by atomic mass is 9.88. The van der Waals surface area contributed by atoms with Crippen molar-refractivity contribution in [2.45, 2.75) is 37.1 Å². The molecular weight excluding hydrogens is 443 g/mol. The van der Waals surface area contributed by atoms with E-state index in [4.69, 9.17) is 14.6 Å². The number of likely N-dealkylation sites (tertiary alicyclic amines) is 1. The predicted octanol–water partition coefficient (Wildman–Crippen LogP) is 2.40. The molecule has 0 aromatic carbocycles. The maximum Gasteiger partial charge on any atom is 0.490 e. The van der Waals surface area contributed by atoms with Crippen LogP contribution in [0.25, 0.3) is 0 Å². The predicted molar refractivity (Wildman–Crippen MR) is 111 cm³/mol. The summed E-state index contributed by atoms with van der Waals surface area (Å²) >= 11 is 0. The maximum atomic E-state index is 12.8. The highest BCUT2D eigenvalue weighted by molar-refractivity contribution is 5.94. The lowest BCUT2D eigenvalue weighted by Crippen LogP contribution is -2.50. The number of likely N-dealkylation sites (N-methyl/N-ethyl adjacent to an activating group) is 1. The van der Waals surface area contributed by atoms with E-state index in [1.165, 1.54) is 0 Å². The summed E-state index contributed by atoms with van der Waals surface area (Å²) in [6.07, 6.45) is 4.52. The third-order valence-corrected chi connectivity index (χ3v) is 5.58. The van der Waals surface area contributed by atoms with Crippen LogP contribution in [0.5, 0.6) is 0 Å². The van der Waals surface area contributed by atoms with E-state index in [0.29, 0.717) is 24.7 Å². The topological polar surface area (TPSA) is 109 Å². The second-order valence-corrected chi connectivity index (χ2v) is 7.89. The molecule has 2 atom stereocenters. The first kappa shape index (κ1) is 24.4. The standard InChI is InChI=1S/C19H23N5O2.C2HF3O2/c1-23(18-21-8-4-9-22-18)16-11-19(26-13-16)6-3-10-24(14-19)17(25)15-5-2-7-20-12-15;3-2(4,5)1(6)7/h2,4-5,7-9,12,16H,3,6,10-11,13-14H2,1H3;(H,6,7). The van der Waals surface area contributed by atoms with Crippen LogP contribution in [0.3, 0.4) is 0 Å². The largest absolute Gasteiger partial charge is 0.490 e. The van der Waals surface area contributed by atoms with Gasteiger partial charge in [0, 0.05) is 44.8 Å². The average Bonchev–Trinajstić information content (AvgIpc) is 3.22. The number of pyridine rings is 1. The van der Waals surface area contributed by atoms with Gasteiger partial charge < -0.3 is 19.6 Å². The number of piperidine rings is 1. The van der Waals surface area contributed by atoms with Crippen LogP contribution in [0.4, 0.5) is 19.1 Å². The van der Waals surface area contributed by atoms with Crippen LogP contribution in [0.15, 0.2) is 43.0 Å². The Morgan fingerprint density at radius 2 is 1.94 bits per heavy atom. The van der Waals surface area contributed by atoms with Crippen molar-refractivity contribution in [3.63, 3.8) is 0 Å². The van der Waals surface area contributed by atoms with Crippen molar-refractivity contribution in [2.24, 2.45) is 0 Å². The van der Waals surface area contributed by atoms with Gasteiger partial charge in [-0.05, 0) is 31.0 Å². The van der Waals surface area contributed by atoms with Crippen LogP contribution in [0, 0.1) is 0 Å². The normalized spacial score (nSPS) is 22.4. The zero-order valence-electron chi connectivity index (χ0n) is 17.9. The number of carboxylic acid groups (broad SMARTS) is 1. The summed E-state index contributed by atoms with van der Waals surface area (Å²) in [5, 5.41) is 7.12. The summed E-state index contributed by atoms with van der Waals surface area (Å²) in [5.74, 6) is -2.02. The number of hydrogen-bond donors (Lipinski definition) is 1. The number of aliphatic carboxylic acids is 1. The minimum Gasteiger partial charge on any atom is -0.475 e. The van der Waals surface area contributed by atoms with Crippen molar-refractivity contribution < 1.29 is 32.6 Å². The molecule has 0 saturated carbocycles. The smallest absolute Gasteiger partial charge is 0.475 e. The molecule has 2 unspecified atom stereocenters. The van der Waals surface area contributed by atoms with Gasteiger partial charge in [0.05, 0.1) is 30.4 Å². The minimum atomic E-state index is -5.08. The molecule has 2 aromatic rings. The Labute approximate surface area is 188 Å². The molecule has 9 nitrogen and oxygen atoms in total. The molecule has 1 N–H and O–H groups in total. The number of carboxylic acids is 1. The van der Waals surface area contributed by atoms with Crippen LogP contribution in [0.2, 0.25) is 0 Å². The minimum absolute atomic E-state index is 0.0315. The summed E-state index contributed by atoms with van der Waals surface area (Å²) in [5.41, 5.74) is 0.359. The first-order chi connectivity index (χ1) is 15.6. The van der Waals surface area contributed by atoms with Gasteiger partial charge in [-0.2, -0.15) is 13.2 Å². The fourth-order valence-corrected chi connectivity index (χ4v) is 3.93. The molecule has 2 aliphatic rings. The number of carbonyl (C=O) groups excluding carboxylic acids is 1. The number of ether oxygens (including phenoxy) is 1. The molecule has 2 aliphatic heterocycles. The third-order valence-electron chi connectivity index (χ3n) is 5.58. The van der Waals surface area contributed by atoms with E-state index >= 15 is 0 Å². The quantitative estimate of drug-likeness (QED) is 0.733. The molecule has 178 valence electrons. The Morgan fingerprint density at radius 3 is 2.55 bits per heavy atom. The van der Waals surface area contributed by atoms with E-state index in [9.17, 15) is 18.0 Å². The fraction of sp³-hybridized carbons (Fsp3) is 0.476. The molecule has 0 radical (unpaired) electrons. The van der Waals surface area contributed by atoms with Gasteiger partial charge in [-0.3, -0.25) is 9.78 Å². The van der Waals surface area contributed by atoms with Crippen molar-refractivity contribution in [3.8, 4) is 0 Å². The highest BCUT2D eigenvalue weighted by Gasteiger charge is 2.46. The maximum absolute atomic E-state index is 12.8. The number of carbonyl (C=O) groups is 2. The molecule has 33 heavy (non-hydrogen) atoms. The zero-order valence-corrected chi connectivity index (χ0v) is 17.9. The van der Waals surface area contributed by atoms with Gasteiger partial charge in [-0.1, -0.05) is 0 Å². The van der Waals surface area contributed by atoms with Crippen LogP contribution in [-0.2, 0) is 9.53 Å². The summed E-state index contributed by atoms with van der Waals surface area (Å²) in [6, 6.07) is 5.64. The summed E-state index contributed by atoms with van der Waals surface area (Å²) in [7, 11) is 2.00. The average molecular weight is 467 g/mol. The molecule has 1 spiro atoms. The number of halogens is 3. The van der Waals surface area contributed by atoms with Crippen molar-refractivity contribution in [3.05, 3.63) is 48.5 Å². The Bertz CT molecular complexity index is 948. The van der Waals surface area contributed by atoms with Gasteiger partial charge in [0.2, 0.25) is 5.95 Å². The van der Waals surface area contributed by atoms with Gasteiger partial charge in [-0.15, -0.1) is 0 Å². The van der Waals surface area contributed by atoms with E-state index < -0.39 is 12.1 Å². The monoisotopic (exact) mass is 467 g/mol. The molecule has 2 aromatic heterocycles. The number of anilines is 1. The Morgan fingerprint density at radius 1 is 1.24 bits per heavy atom. The molecular formula is C21H24F3N5O4. The Kier molecular flexibility index (Phi) is 7.46. The molecule has 4 rings (SSSR count). The van der Waals surface area contributed by atoms with Crippen molar-refractivity contribution in [2.75, 3.05) is 31.6 Å². The molecule has 4 heterocycles. The van der Waals surface area contributed by atoms with E-state index in [0.717, 1.165) is 25.8 Å². The molecule has 0 aliphatic carbocycles. The van der Waals surface area contributed by atoms with Gasteiger partial charge in [-0.25, -0.2) is 14.8 Å². The van der Waals surface area contributed by atoms with Gasteiger partial charge >= 0.3 is 12.1 Å². The second-order valence-electron chi connectivity index (χ2n) is 7.89. The molecule has 0 bridgehead atoms. The van der Waals surface area contributed by atoms with Crippen LogP contribution >= 0.6 is 0 Å². The summed E-state index contributed by atoms with van der Waals surface area (Å²) in [4.78, 5) is 38.4. The van der Waals surface area contributed by atoms with Gasteiger partial charge in [0.1, 0.15) is 0 Å². The Balaban J connectivity index is 0.000000383. The zero-order chi connectivity index (χ0) is 24.1. The summed E-state index contributed by atoms with van der Waals surface area (Å²) in [6.45, 7) is 2.02. The number of alkyl halides is 3. The van der Waals surface area contributed by atoms with Gasteiger partial charge in [0.15, 0.2) is 0 Å². The SMILES string of the molecule is CN(c1ncccn1)C1COC2(CCCN(C(=O)c3cccnc3)C2)C1.O=C(O)C(F)(F)F. The lowest BCUT2D eigenvalue weighted by molar-refractivity contribution is -0.192. The van der Waals surface area contributed by atoms with E-state index in [-0.39, 0.29) is 17.6 Å². The Hall–Kier alpha value is -3.28. The van der Waals surface area contributed by atoms with Crippen molar-refractivity contribution >= 4 is 17.8 Å². The van der Waals surface area contributed by atoms with E-state index in [2.05, 4.69) is 19.9 Å². The van der Waals surface area contributed by atoms with E-state index in [1.54, 1.807) is 30.9 Å². The number of amides is 1. The second kappa shape index (κ2) is 10.1. The van der Waals surface area contributed by atoms with Crippen LogP contribution < -0.4 is 4.90 Å². The van der Waals surface area contributed by atoms with Crippen LogP contribution in [0.1, 0.15) is 29.6 Å². The summed E-state index contributed by atoms with van der Waals surface area (Å²) < 4.78 is 38.0. The first-order valence-electron chi connectivity index (χ1n) is 10.2. The lowest BCUT2D eigenvalue weighted by Gasteiger charge is -2.40. The number of hydrogen-bond acceptors (Lipinski definition) is 7. The number of nitrogens with zero attached hydrogens (tertiary/aromatic N) is 5. The van der Waals surface area contributed by atoms with E-state index in [1.807, 2.05) is 24.1 Å². The highest BCUT2D eigenvalue weighted by Crippen LogP contribution is 2.37. The molecule has 2 saturated heterocycles. The number of rotatable bonds is 3. The molecule has 2 fully saturated rings. The highest BCUT2D eigenvalue weighted by atomic mass is 19.4. The fourth-order valence-electron chi connectivity index (χ4n) is 3.93. The third kappa shape index (κ3) is 6.15. The van der Waals surface area contributed by atoms with Crippen LogP contribution in [-0.4, -0.2) is 81.4 Å². The molecule has 12 heteroatoms. The van der Waals surface area contributed by atoms with Crippen molar-refractivity contribution in [1.29, 1.82) is 0 Å². The van der Waals surface area contributed by atoms with Gasteiger partial charge in [0.25, 0.3) is 5.91 Å². The van der Waals surface area contributed by atoms with Crippen molar-refractivity contribution in [1.82, 2.24) is 19.9 Å². The number of aromatic nitrogens is 3.